The maximum atomic E-state index is 13.5. The summed E-state index contributed by atoms with van der Waals surface area (Å²) in [7, 11) is 1.49. The van der Waals surface area contributed by atoms with E-state index in [4.69, 9.17) is 9.84 Å². The van der Waals surface area contributed by atoms with E-state index in [0.717, 1.165) is 0 Å². The lowest BCUT2D eigenvalue weighted by atomic mass is 9.97. The first kappa shape index (κ1) is 21.6. The quantitative estimate of drug-likeness (QED) is 0.683. The van der Waals surface area contributed by atoms with E-state index in [1.807, 2.05) is 0 Å². The molecule has 2 N–H and O–H groups in total. The fourth-order valence-corrected chi connectivity index (χ4v) is 2.95. The molecule has 0 spiro atoms. The summed E-state index contributed by atoms with van der Waals surface area (Å²) in [6.07, 6.45) is 0.121. The van der Waals surface area contributed by atoms with E-state index in [-0.39, 0.29) is 37.7 Å². The van der Waals surface area contributed by atoms with Crippen molar-refractivity contribution in [3.8, 4) is 0 Å². The van der Waals surface area contributed by atoms with Gasteiger partial charge in [-0.3, -0.25) is 9.59 Å². The Morgan fingerprint density at radius 2 is 2.04 bits per heavy atom. The molecule has 3 amide bonds. The molecule has 154 valence electrons. The number of urea groups is 1. The van der Waals surface area contributed by atoms with Crippen molar-refractivity contribution in [1.82, 2.24) is 15.1 Å². The molecule has 1 heterocycles. The third-order valence-corrected chi connectivity index (χ3v) is 4.55. The van der Waals surface area contributed by atoms with Gasteiger partial charge in [-0.15, -0.1) is 0 Å². The SMILES string of the molecule is CN(CCC(=O)O)C(=O)NCC(Cc1cccc(F)c1)C(=O)N1CCOCC1. The van der Waals surface area contributed by atoms with E-state index < -0.39 is 17.9 Å². The molecule has 0 aromatic heterocycles. The highest BCUT2D eigenvalue weighted by molar-refractivity contribution is 5.81. The number of morpholine rings is 1. The Balaban J connectivity index is 2.01. The number of carboxylic acid groups (broad SMARTS) is 1. The van der Waals surface area contributed by atoms with E-state index in [1.165, 1.54) is 24.1 Å². The largest absolute Gasteiger partial charge is 0.481 e. The summed E-state index contributed by atoms with van der Waals surface area (Å²) < 4.78 is 18.8. The summed E-state index contributed by atoms with van der Waals surface area (Å²) in [5.41, 5.74) is 0.667. The zero-order valence-electron chi connectivity index (χ0n) is 15.9. The van der Waals surface area contributed by atoms with Crippen molar-refractivity contribution >= 4 is 17.9 Å². The molecule has 1 atom stereocenters. The Morgan fingerprint density at radius 1 is 1.32 bits per heavy atom. The second-order valence-electron chi connectivity index (χ2n) is 6.72. The molecule has 0 bridgehead atoms. The Labute approximate surface area is 163 Å². The molecule has 1 fully saturated rings. The van der Waals surface area contributed by atoms with Gasteiger partial charge >= 0.3 is 12.0 Å². The number of halogens is 1. The summed E-state index contributed by atoms with van der Waals surface area (Å²) in [6, 6.07) is 5.57. The average Bonchev–Trinajstić information content (AvgIpc) is 2.69. The number of hydrogen-bond donors (Lipinski definition) is 2. The minimum absolute atomic E-state index is 0.0626. The topological polar surface area (TPSA) is 99.2 Å². The number of rotatable bonds is 8. The van der Waals surface area contributed by atoms with Gasteiger partial charge in [-0.2, -0.15) is 0 Å². The van der Waals surface area contributed by atoms with Gasteiger partial charge in [-0.1, -0.05) is 12.1 Å². The van der Waals surface area contributed by atoms with Crippen molar-refractivity contribution in [2.45, 2.75) is 12.8 Å². The fraction of sp³-hybridized carbons (Fsp3) is 0.526. The van der Waals surface area contributed by atoms with Gasteiger partial charge in [-0.05, 0) is 24.1 Å². The average molecular weight is 395 g/mol. The van der Waals surface area contributed by atoms with Crippen molar-refractivity contribution in [2.75, 3.05) is 46.4 Å². The Bertz CT molecular complexity index is 694. The Hall–Kier alpha value is -2.68. The predicted molar refractivity (Wildman–Crippen MR) is 99.3 cm³/mol. The van der Waals surface area contributed by atoms with Gasteiger partial charge in [0.05, 0.1) is 25.6 Å². The van der Waals surface area contributed by atoms with Crippen LogP contribution < -0.4 is 5.32 Å². The highest BCUT2D eigenvalue weighted by atomic mass is 19.1. The van der Waals surface area contributed by atoms with Gasteiger partial charge in [-0.25, -0.2) is 9.18 Å². The Morgan fingerprint density at radius 3 is 2.68 bits per heavy atom. The van der Waals surface area contributed by atoms with Crippen molar-refractivity contribution in [1.29, 1.82) is 0 Å². The fourth-order valence-electron chi connectivity index (χ4n) is 2.95. The summed E-state index contributed by atoms with van der Waals surface area (Å²) >= 11 is 0. The van der Waals surface area contributed by atoms with Crippen LogP contribution in [0.2, 0.25) is 0 Å². The standard InChI is InChI=1S/C19H26FN3O5/c1-22(6-5-17(24)25)19(27)21-13-15(11-14-3-2-4-16(20)12-14)18(26)23-7-9-28-10-8-23/h2-4,12,15H,5-11,13H2,1H3,(H,21,27)(H,24,25). The van der Waals surface area contributed by atoms with Crippen LogP contribution in [-0.4, -0.2) is 79.3 Å². The van der Waals surface area contributed by atoms with Crippen LogP contribution in [0.3, 0.4) is 0 Å². The first-order chi connectivity index (χ1) is 13.4. The zero-order valence-corrected chi connectivity index (χ0v) is 15.9. The first-order valence-corrected chi connectivity index (χ1v) is 9.18. The molecule has 1 unspecified atom stereocenters. The van der Waals surface area contributed by atoms with E-state index >= 15 is 0 Å². The normalized spacial score (nSPS) is 15.0. The second-order valence-corrected chi connectivity index (χ2v) is 6.72. The van der Waals surface area contributed by atoms with Crippen molar-refractivity contribution in [3.63, 3.8) is 0 Å². The van der Waals surface area contributed by atoms with Gasteiger partial charge in [0.15, 0.2) is 0 Å². The summed E-state index contributed by atoms with van der Waals surface area (Å²) in [5, 5.41) is 11.4. The van der Waals surface area contributed by atoms with Gasteiger partial charge in [0.25, 0.3) is 0 Å². The number of ether oxygens (including phenoxy) is 1. The molecule has 1 aromatic carbocycles. The number of nitrogens with zero attached hydrogens (tertiary/aromatic N) is 2. The molecule has 1 aliphatic rings. The second kappa shape index (κ2) is 10.6. The van der Waals surface area contributed by atoms with Crippen LogP contribution >= 0.6 is 0 Å². The van der Waals surface area contributed by atoms with Crippen LogP contribution in [0, 0.1) is 11.7 Å². The lowest BCUT2D eigenvalue weighted by Crippen LogP contribution is -2.48. The predicted octanol–water partition coefficient (Wildman–Crippen LogP) is 0.959. The van der Waals surface area contributed by atoms with Crippen LogP contribution in [0.15, 0.2) is 24.3 Å². The number of carbonyl (C=O) groups excluding carboxylic acids is 2. The van der Waals surface area contributed by atoms with E-state index in [0.29, 0.717) is 31.9 Å². The zero-order chi connectivity index (χ0) is 20.5. The number of carboxylic acids is 1. The third-order valence-electron chi connectivity index (χ3n) is 4.55. The van der Waals surface area contributed by atoms with Crippen LogP contribution in [0.25, 0.3) is 0 Å². The monoisotopic (exact) mass is 395 g/mol. The van der Waals surface area contributed by atoms with Crippen LogP contribution in [0.4, 0.5) is 9.18 Å². The summed E-state index contributed by atoms with van der Waals surface area (Å²) in [6.45, 7) is 2.01. The maximum Gasteiger partial charge on any atom is 0.317 e. The molecular weight excluding hydrogens is 369 g/mol. The minimum Gasteiger partial charge on any atom is -0.481 e. The Kier molecular flexibility index (Phi) is 8.19. The smallest absolute Gasteiger partial charge is 0.317 e. The molecule has 1 aliphatic heterocycles. The van der Waals surface area contributed by atoms with E-state index in [1.54, 1.807) is 17.0 Å². The molecule has 1 saturated heterocycles. The molecule has 0 saturated carbocycles. The van der Waals surface area contributed by atoms with Crippen molar-refractivity contribution < 1.29 is 28.6 Å². The van der Waals surface area contributed by atoms with Crippen molar-refractivity contribution in [2.24, 2.45) is 5.92 Å². The first-order valence-electron chi connectivity index (χ1n) is 9.18. The van der Waals surface area contributed by atoms with Crippen molar-refractivity contribution in [3.05, 3.63) is 35.6 Å². The van der Waals surface area contributed by atoms with E-state index in [2.05, 4.69) is 5.32 Å². The number of hydrogen-bond acceptors (Lipinski definition) is 4. The minimum atomic E-state index is -0.994. The number of amides is 3. The molecular formula is C19H26FN3O5. The van der Waals surface area contributed by atoms with Crippen LogP contribution in [0.5, 0.6) is 0 Å². The van der Waals surface area contributed by atoms with E-state index in [9.17, 15) is 18.8 Å². The molecule has 0 aliphatic carbocycles. The van der Waals surface area contributed by atoms with Gasteiger partial charge in [0.1, 0.15) is 5.82 Å². The molecule has 9 heteroatoms. The number of carbonyl (C=O) groups is 3. The van der Waals surface area contributed by atoms with Crippen LogP contribution in [-0.2, 0) is 20.7 Å². The number of aliphatic carboxylic acids is 1. The molecule has 8 nitrogen and oxygen atoms in total. The highest BCUT2D eigenvalue weighted by Crippen LogP contribution is 2.14. The lowest BCUT2D eigenvalue weighted by molar-refractivity contribution is -0.139. The lowest BCUT2D eigenvalue weighted by Gasteiger charge is -2.31. The van der Waals surface area contributed by atoms with Crippen LogP contribution in [0.1, 0.15) is 12.0 Å². The highest BCUT2D eigenvalue weighted by Gasteiger charge is 2.27. The summed E-state index contributed by atoms with van der Waals surface area (Å²) in [4.78, 5) is 38.7. The van der Waals surface area contributed by atoms with Gasteiger partial charge < -0.3 is 25.0 Å². The maximum absolute atomic E-state index is 13.5. The summed E-state index contributed by atoms with van der Waals surface area (Å²) in [5.74, 6) is -2.06. The molecule has 2 rings (SSSR count). The molecule has 1 aromatic rings. The molecule has 0 radical (unpaired) electrons. The number of nitrogens with one attached hydrogen (secondary N) is 1. The van der Waals surface area contributed by atoms with Gasteiger partial charge in [0.2, 0.25) is 5.91 Å². The number of benzene rings is 1. The van der Waals surface area contributed by atoms with Gasteiger partial charge in [0, 0.05) is 33.2 Å². The molecule has 28 heavy (non-hydrogen) atoms. The third kappa shape index (κ3) is 6.80.